The maximum atomic E-state index is 12.6. The highest BCUT2D eigenvalue weighted by molar-refractivity contribution is 6.30. The first kappa shape index (κ1) is 25.9. The Labute approximate surface area is 229 Å². The summed E-state index contributed by atoms with van der Waals surface area (Å²) in [7, 11) is 0. The lowest BCUT2D eigenvalue weighted by Crippen LogP contribution is -2.23. The van der Waals surface area contributed by atoms with Crippen LogP contribution in [0.2, 0.25) is 5.02 Å². The van der Waals surface area contributed by atoms with Crippen LogP contribution in [0, 0.1) is 0 Å². The van der Waals surface area contributed by atoms with Gasteiger partial charge >= 0.3 is 5.97 Å². The maximum absolute atomic E-state index is 12.6. The number of hydrogen-bond acceptors (Lipinski definition) is 8. The van der Waals surface area contributed by atoms with Crippen LogP contribution in [0.1, 0.15) is 43.1 Å². The van der Waals surface area contributed by atoms with Crippen molar-refractivity contribution in [3.05, 3.63) is 82.5 Å². The minimum absolute atomic E-state index is 0.0147. The quantitative estimate of drug-likeness (QED) is 0.170. The van der Waals surface area contributed by atoms with Gasteiger partial charge in [-0.25, -0.2) is 9.78 Å². The van der Waals surface area contributed by atoms with E-state index >= 15 is 0 Å². The zero-order chi connectivity index (χ0) is 27.7. The standard InChI is InChI=1S/C28H25ClN6O4/c1-28(2,3)39-27(38)16-6-4-8-20(11-16)32-23-14-22(31-21-9-5-7-19(29)13-21)33-25-18(15-30-35(23)25)10-17-12-24(36)34-26(17)37/h4-11,13-15,32H,12H2,1-3H3,(H,31,33)(H,34,36,37)/b17-10+. The second kappa shape index (κ2) is 10.2. The molecule has 3 heterocycles. The lowest BCUT2D eigenvalue weighted by molar-refractivity contribution is -0.124. The van der Waals surface area contributed by atoms with Gasteiger partial charge in [-0.15, -0.1) is 0 Å². The molecule has 1 fully saturated rings. The first-order chi connectivity index (χ1) is 18.5. The van der Waals surface area contributed by atoms with E-state index in [1.54, 1.807) is 53.2 Å². The molecule has 0 spiro atoms. The Morgan fingerprint density at radius 3 is 2.51 bits per heavy atom. The lowest BCUT2D eigenvalue weighted by Gasteiger charge is -2.19. The van der Waals surface area contributed by atoms with Crippen molar-refractivity contribution in [2.24, 2.45) is 0 Å². The van der Waals surface area contributed by atoms with E-state index in [-0.39, 0.29) is 12.3 Å². The van der Waals surface area contributed by atoms with Crippen LogP contribution in [-0.4, -0.2) is 38.0 Å². The topological polar surface area (TPSA) is 127 Å². The summed E-state index contributed by atoms with van der Waals surface area (Å²) in [6, 6.07) is 15.9. The van der Waals surface area contributed by atoms with Gasteiger partial charge in [0.15, 0.2) is 5.65 Å². The normalized spacial score (nSPS) is 14.5. The third-order valence-corrected chi connectivity index (χ3v) is 5.83. The van der Waals surface area contributed by atoms with Crippen molar-refractivity contribution in [2.75, 3.05) is 10.6 Å². The molecule has 2 aromatic carbocycles. The summed E-state index contributed by atoms with van der Waals surface area (Å²) in [5.74, 6) is -0.229. The molecule has 1 aliphatic rings. The molecule has 1 aliphatic heterocycles. The number of anilines is 4. The molecule has 10 nitrogen and oxygen atoms in total. The van der Waals surface area contributed by atoms with Gasteiger partial charge < -0.3 is 15.4 Å². The van der Waals surface area contributed by atoms with Crippen molar-refractivity contribution >= 4 is 64.1 Å². The molecule has 4 aromatic rings. The number of imide groups is 1. The van der Waals surface area contributed by atoms with E-state index in [1.165, 1.54) is 0 Å². The van der Waals surface area contributed by atoms with Gasteiger partial charge in [0, 0.05) is 33.6 Å². The smallest absolute Gasteiger partial charge is 0.338 e. The first-order valence-electron chi connectivity index (χ1n) is 12.1. The third kappa shape index (κ3) is 6.07. The highest BCUT2D eigenvalue weighted by atomic mass is 35.5. The molecule has 0 radical (unpaired) electrons. The predicted molar refractivity (Wildman–Crippen MR) is 148 cm³/mol. The van der Waals surface area contributed by atoms with Crippen LogP contribution in [0.15, 0.2) is 66.4 Å². The Bertz CT molecular complexity index is 1650. The SMILES string of the molecule is CC(C)(C)OC(=O)c1cccc(Nc2cc(Nc3cccc(Cl)c3)nc3c(/C=C4\CC(=O)NC4=O)cnn23)c1. The molecule has 11 heteroatoms. The number of nitrogens with zero attached hydrogens (tertiary/aromatic N) is 3. The number of ether oxygens (including phenoxy) is 1. The van der Waals surface area contributed by atoms with Crippen LogP contribution in [0.4, 0.5) is 23.0 Å². The number of esters is 1. The van der Waals surface area contributed by atoms with Gasteiger partial charge in [0.25, 0.3) is 5.91 Å². The summed E-state index contributed by atoms with van der Waals surface area (Å²) < 4.78 is 7.07. The molecule has 1 saturated heterocycles. The molecule has 3 N–H and O–H groups in total. The molecule has 0 aliphatic carbocycles. The van der Waals surface area contributed by atoms with Gasteiger partial charge in [0.05, 0.1) is 18.2 Å². The van der Waals surface area contributed by atoms with Crippen molar-refractivity contribution in [1.29, 1.82) is 0 Å². The summed E-state index contributed by atoms with van der Waals surface area (Å²) in [4.78, 5) is 41.1. The van der Waals surface area contributed by atoms with Crippen molar-refractivity contribution in [1.82, 2.24) is 19.9 Å². The largest absolute Gasteiger partial charge is 0.456 e. The molecule has 0 atom stereocenters. The van der Waals surface area contributed by atoms with Crippen LogP contribution in [0.5, 0.6) is 0 Å². The number of rotatable bonds is 6. The lowest BCUT2D eigenvalue weighted by atomic mass is 10.1. The molecule has 5 rings (SSSR count). The number of aromatic nitrogens is 3. The molecule has 0 bridgehead atoms. The molecule has 0 saturated carbocycles. The van der Waals surface area contributed by atoms with Crippen LogP contribution >= 0.6 is 11.6 Å². The summed E-state index contributed by atoms with van der Waals surface area (Å²) in [6.07, 6.45) is 3.15. The number of amides is 2. The van der Waals surface area contributed by atoms with Gasteiger partial charge in [-0.1, -0.05) is 23.7 Å². The van der Waals surface area contributed by atoms with Gasteiger partial charge in [0.2, 0.25) is 5.91 Å². The van der Waals surface area contributed by atoms with Crippen molar-refractivity contribution < 1.29 is 19.1 Å². The van der Waals surface area contributed by atoms with E-state index < -0.39 is 17.5 Å². The zero-order valence-corrected chi connectivity index (χ0v) is 22.2. The summed E-state index contributed by atoms with van der Waals surface area (Å²) in [5.41, 5.74) is 2.42. The number of hydrogen-bond donors (Lipinski definition) is 3. The van der Waals surface area contributed by atoms with E-state index in [2.05, 4.69) is 21.0 Å². The second-order valence-electron chi connectivity index (χ2n) is 9.93. The monoisotopic (exact) mass is 544 g/mol. The minimum atomic E-state index is -0.626. The van der Waals surface area contributed by atoms with E-state index in [1.807, 2.05) is 39.0 Å². The van der Waals surface area contributed by atoms with Gasteiger partial charge in [-0.3, -0.25) is 14.9 Å². The third-order valence-electron chi connectivity index (χ3n) is 5.59. The van der Waals surface area contributed by atoms with Crippen molar-refractivity contribution in [3.8, 4) is 0 Å². The molecule has 2 aromatic heterocycles. The first-order valence-corrected chi connectivity index (χ1v) is 12.5. The van der Waals surface area contributed by atoms with Crippen molar-refractivity contribution in [3.63, 3.8) is 0 Å². The fourth-order valence-corrected chi connectivity index (χ4v) is 4.16. The van der Waals surface area contributed by atoms with Crippen LogP contribution in [0.25, 0.3) is 11.7 Å². The van der Waals surface area contributed by atoms with Crippen LogP contribution in [-0.2, 0) is 14.3 Å². The molecule has 198 valence electrons. The molecular weight excluding hydrogens is 520 g/mol. The maximum Gasteiger partial charge on any atom is 0.338 e. The summed E-state index contributed by atoms with van der Waals surface area (Å²) >= 11 is 6.16. The Hall–Kier alpha value is -4.70. The molecule has 2 amide bonds. The predicted octanol–water partition coefficient (Wildman–Crippen LogP) is 5.26. The number of fused-ring (bicyclic) bond motifs is 1. The van der Waals surface area contributed by atoms with E-state index in [0.29, 0.717) is 44.7 Å². The zero-order valence-electron chi connectivity index (χ0n) is 21.4. The number of nitrogens with one attached hydrogen (secondary N) is 3. The Kier molecular flexibility index (Phi) is 6.80. The second-order valence-corrected chi connectivity index (χ2v) is 10.4. The highest BCUT2D eigenvalue weighted by Crippen LogP contribution is 2.28. The summed E-state index contributed by atoms with van der Waals surface area (Å²) in [5, 5.41) is 13.8. The van der Waals surface area contributed by atoms with Gasteiger partial charge in [-0.05, 0) is 63.2 Å². The average molecular weight is 545 g/mol. The molecule has 0 unspecified atom stereocenters. The Morgan fingerprint density at radius 1 is 1.08 bits per heavy atom. The van der Waals surface area contributed by atoms with Gasteiger partial charge in [-0.2, -0.15) is 9.61 Å². The molecular formula is C28H25ClN6O4. The number of benzene rings is 2. The Balaban J connectivity index is 1.55. The Morgan fingerprint density at radius 2 is 1.82 bits per heavy atom. The van der Waals surface area contributed by atoms with E-state index in [9.17, 15) is 14.4 Å². The fourth-order valence-electron chi connectivity index (χ4n) is 3.97. The van der Waals surface area contributed by atoms with Crippen LogP contribution in [0.3, 0.4) is 0 Å². The minimum Gasteiger partial charge on any atom is -0.456 e. The molecule has 39 heavy (non-hydrogen) atoms. The van der Waals surface area contributed by atoms with Crippen molar-refractivity contribution in [2.45, 2.75) is 32.8 Å². The van der Waals surface area contributed by atoms with Crippen LogP contribution < -0.4 is 16.0 Å². The van der Waals surface area contributed by atoms with E-state index in [4.69, 9.17) is 21.3 Å². The number of carbonyl (C=O) groups excluding carboxylic acids is 3. The van der Waals surface area contributed by atoms with E-state index in [0.717, 1.165) is 5.69 Å². The average Bonchev–Trinajstić information content (AvgIpc) is 3.40. The highest BCUT2D eigenvalue weighted by Gasteiger charge is 2.24. The number of carbonyl (C=O) groups is 3. The summed E-state index contributed by atoms with van der Waals surface area (Å²) in [6.45, 7) is 5.43. The number of halogens is 1. The fraction of sp³-hybridized carbons (Fsp3) is 0.179. The van der Waals surface area contributed by atoms with Gasteiger partial charge in [0.1, 0.15) is 17.2 Å².